The Morgan fingerprint density at radius 2 is 2.06 bits per heavy atom. The Balaban J connectivity index is 2.89. The molecule has 4 nitrogen and oxygen atoms in total. The molecule has 1 unspecified atom stereocenters. The third-order valence-corrected chi connectivity index (χ3v) is 2.81. The molecule has 0 saturated heterocycles. The number of ether oxygens (including phenoxy) is 1. The van der Waals surface area contributed by atoms with E-state index in [0.717, 1.165) is 5.56 Å². The third-order valence-electron chi connectivity index (χ3n) is 2.81. The van der Waals surface area contributed by atoms with Crippen LogP contribution in [0.25, 0.3) is 0 Å². The van der Waals surface area contributed by atoms with Crippen LogP contribution in [0.2, 0.25) is 0 Å². The van der Waals surface area contributed by atoms with Gasteiger partial charge in [-0.15, -0.1) is 0 Å². The molecule has 17 heavy (non-hydrogen) atoms. The molecule has 4 heteroatoms. The van der Waals surface area contributed by atoms with Gasteiger partial charge in [0.15, 0.2) is 0 Å². The summed E-state index contributed by atoms with van der Waals surface area (Å²) in [5, 5.41) is 11.7. The number of aliphatic hydroxyl groups excluding tert-OH is 1. The van der Waals surface area contributed by atoms with Gasteiger partial charge in [-0.2, -0.15) is 0 Å². The summed E-state index contributed by atoms with van der Waals surface area (Å²) in [6.45, 7) is 2.03. The number of rotatable bonds is 5. The highest BCUT2D eigenvalue weighted by Crippen LogP contribution is 2.25. The Kier molecular flexibility index (Phi) is 4.97. The van der Waals surface area contributed by atoms with Gasteiger partial charge in [-0.25, -0.2) is 4.79 Å². The highest BCUT2D eigenvalue weighted by atomic mass is 16.5. The van der Waals surface area contributed by atoms with Gasteiger partial charge in [-0.1, -0.05) is 30.3 Å². The zero-order valence-corrected chi connectivity index (χ0v) is 10.3. The molecule has 1 amide bonds. The van der Waals surface area contributed by atoms with Gasteiger partial charge in [-0.3, -0.25) is 0 Å². The number of nitrogens with one attached hydrogen (secondary N) is 1. The predicted octanol–water partition coefficient (Wildman–Crippen LogP) is 2.03. The van der Waals surface area contributed by atoms with E-state index in [1.54, 1.807) is 0 Å². The Hall–Kier alpha value is -1.55. The van der Waals surface area contributed by atoms with Crippen LogP contribution in [0.3, 0.4) is 0 Å². The summed E-state index contributed by atoms with van der Waals surface area (Å²) >= 11 is 0. The summed E-state index contributed by atoms with van der Waals surface area (Å²) in [5.74, 6) is 0. The van der Waals surface area contributed by atoms with Crippen molar-refractivity contribution in [1.82, 2.24) is 5.32 Å². The van der Waals surface area contributed by atoms with Gasteiger partial charge in [0.1, 0.15) is 0 Å². The Bertz CT molecular complexity index is 353. The molecular formula is C13H19NO3. The molecule has 0 spiro atoms. The van der Waals surface area contributed by atoms with Gasteiger partial charge >= 0.3 is 6.09 Å². The smallest absolute Gasteiger partial charge is 0.407 e. The van der Waals surface area contributed by atoms with E-state index < -0.39 is 11.6 Å². The molecule has 1 rings (SSSR count). The fraction of sp³-hybridized carbons (Fsp3) is 0.462. The molecule has 1 aromatic rings. The molecule has 0 radical (unpaired) electrons. The first kappa shape index (κ1) is 13.5. The predicted molar refractivity (Wildman–Crippen MR) is 65.7 cm³/mol. The normalized spacial score (nSPS) is 13.8. The van der Waals surface area contributed by atoms with Crippen LogP contribution < -0.4 is 5.32 Å². The van der Waals surface area contributed by atoms with Crippen LogP contribution in [0.4, 0.5) is 4.79 Å². The largest absolute Gasteiger partial charge is 0.453 e. The summed E-state index contributed by atoms with van der Waals surface area (Å²) in [5.41, 5.74) is 0.482. The fourth-order valence-electron chi connectivity index (χ4n) is 1.79. The highest BCUT2D eigenvalue weighted by Gasteiger charge is 2.28. The van der Waals surface area contributed by atoms with Crippen LogP contribution in [-0.4, -0.2) is 24.9 Å². The number of methoxy groups -OCH3 is 1. The summed E-state index contributed by atoms with van der Waals surface area (Å²) < 4.78 is 4.63. The van der Waals surface area contributed by atoms with Gasteiger partial charge in [0.25, 0.3) is 0 Å². The van der Waals surface area contributed by atoms with Crippen molar-refractivity contribution in [2.24, 2.45) is 0 Å². The van der Waals surface area contributed by atoms with Crippen LogP contribution in [-0.2, 0) is 10.3 Å². The monoisotopic (exact) mass is 237 g/mol. The van der Waals surface area contributed by atoms with Crippen molar-refractivity contribution < 1.29 is 14.6 Å². The summed E-state index contributed by atoms with van der Waals surface area (Å²) in [7, 11) is 1.34. The second-order valence-electron chi connectivity index (χ2n) is 4.14. The number of carbonyl (C=O) groups excluding carboxylic acids is 1. The molecule has 2 N–H and O–H groups in total. The molecule has 94 valence electrons. The van der Waals surface area contributed by atoms with Gasteiger partial charge in [0.05, 0.1) is 12.6 Å². The van der Waals surface area contributed by atoms with Gasteiger partial charge in [-0.05, 0) is 25.3 Å². The molecule has 0 aromatic heterocycles. The first-order valence-electron chi connectivity index (χ1n) is 5.65. The van der Waals surface area contributed by atoms with Crippen molar-refractivity contribution >= 4 is 6.09 Å². The van der Waals surface area contributed by atoms with E-state index >= 15 is 0 Å². The molecule has 0 bridgehead atoms. The van der Waals surface area contributed by atoms with Crippen LogP contribution in [0.5, 0.6) is 0 Å². The number of benzene rings is 1. The SMILES string of the molecule is COC(=O)NC(C)(CCCO)c1ccccc1. The molecule has 0 aliphatic carbocycles. The Morgan fingerprint density at radius 1 is 1.41 bits per heavy atom. The van der Waals surface area contributed by atoms with Crippen LogP contribution >= 0.6 is 0 Å². The quantitative estimate of drug-likeness (QED) is 0.823. The zero-order chi connectivity index (χ0) is 12.7. The van der Waals surface area contributed by atoms with E-state index in [4.69, 9.17) is 5.11 Å². The maximum absolute atomic E-state index is 11.4. The molecule has 0 saturated carbocycles. The number of amides is 1. The Labute approximate surface area is 102 Å². The lowest BCUT2D eigenvalue weighted by atomic mass is 9.87. The van der Waals surface area contributed by atoms with E-state index in [0.29, 0.717) is 12.8 Å². The standard InChI is InChI=1S/C13H19NO3/c1-13(9-6-10-15,14-12(16)17-2)11-7-4-3-5-8-11/h3-5,7-8,15H,6,9-10H2,1-2H3,(H,14,16). The first-order valence-corrected chi connectivity index (χ1v) is 5.65. The van der Waals surface area contributed by atoms with Crippen LogP contribution in [0.15, 0.2) is 30.3 Å². The lowest BCUT2D eigenvalue weighted by Gasteiger charge is -2.30. The second kappa shape index (κ2) is 6.25. The molecule has 1 atom stereocenters. The number of hydrogen-bond acceptors (Lipinski definition) is 3. The van der Waals surface area contributed by atoms with Crippen molar-refractivity contribution in [3.05, 3.63) is 35.9 Å². The maximum Gasteiger partial charge on any atom is 0.407 e. The van der Waals surface area contributed by atoms with Crippen LogP contribution in [0.1, 0.15) is 25.3 Å². The number of hydrogen-bond donors (Lipinski definition) is 2. The van der Waals surface area contributed by atoms with E-state index in [-0.39, 0.29) is 6.61 Å². The molecule has 1 aromatic carbocycles. The number of carbonyl (C=O) groups is 1. The molecule has 0 aliphatic rings. The van der Waals surface area contributed by atoms with Crippen LogP contribution in [0, 0.1) is 0 Å². The lowest BCUT2D eigenvalue weighted by Crippen LogP contribution is -2.43. The third kappa shape index (κ3) is 3.75. The fourth-order valence-corrected chi connectivity index (χ4v) is 1.79. The average molecular weight is 237 g/mol. The van der Waals surface area contributed by atoms with Crippen molar-refractivity contribution in [1.29, 1.82) is 0 Å². The minimum atomic E-state index is -0.517. The minimum Gasteiger partial charge on any atom is -0.453 e. The first-order chi connectivity index (χ1) is 8.12. The van der Waals surface area contributed by atoms with E-state index in [1.165, 1.54) is 7.11 Å². The van der Waals surface area contributed by atoms with Gasteiger partial charge < -0.3 is 15.2 Å². The van der Waals surface area contributed by atoms with Crippen molar-refractivity contribution in [3.8, 4) is 0 Å². The van der Waals surface area contributed by atoms with Gasteiger partial charge in [0.2, 0.25) is 0 Å². The zero-order valence-electron chi connectivity index (χ0n) is 10.3. The second-order valence-corrected chi connectivity index (χ2v) is 4.14. The summed E-state index contributed by atoms with van der Waals surface area (Å²) in [4.78, 5) is 11.4. The topological polar surface area (TPSA) is 58.6 Å². The number of aliphatic hydroxyl groups is 1. The molecule has 0 heterocycles. The highest BCUT2D eigenvalue weighted by molar-refractivity contribution is 5.68. The maximum atomic E-state index is 11.4. The number of alkyl carbamates (subject to hydrolysis) is 1. The van der Waals surface area contributed by atoms with E-state index in [1.807, 2.05) is 37.3 Å². The Morgan fingerprint density at radius 3 is 2.59 bits per heavy atom. The van der Waals surface area contributed by atoms with Crippen molar-refractivity contribution in [3.63, 3.8) is 0 Å². The van der Waals surface area contributed by atoms with E-state index in [2.05, 4.69) is 10.1 Å². The molecular weight excluding hydrogens is 218 g/mol. The van der Waals surface area contributed by atoms with Gasteiger partial charge in [0, 0.05) is 6.61 Å². The minimum absolute atomic E-state index is 0.102. The molecule has 0 fully saturated rings. The lowest BCUT2D eigenvalue weighted by molar-refractivity contribution is 0.152. The summed E-state index contributed by atoms with van der Waals surface area (Å²) in [6, 6.07) is 9.67. The van der Waals surface area contributed by atoms with Crippen molar-refractivity contribution in [2.75, 3.05) is 13.7 Å². The van der Waals surface area contributed by atoms with E-state index in [9.17, 15) is 4.79 Å². The summed E-state index contributed by atoms with van der Waals surface area (Å²) in [6.07, 6.45) is 0.812. The molecule has 0 aliphatic heterocycles. The van der Waals surface area contributed by atoms with Crippen molar-refractivity contribution in [2.45, 2.75) is 25.3 Å². The average Bonchev–Trinajstić information content (AvgIpc) is 2.37.